The van der Waals surface area contributed by atoms with Gasteiger partial charge in [0.1, 0.15) is 5.75 Å². The smallest absolute Gasteiger partial charge is 0.262 e. The van der Waals surface area contributed by atoms with E-state index in [2.05, 4.69) is 35.1 Å². The van der Waals surface area contributed by atoms with E-state index in [0.29, 0.717) is 17.2 Å². The van der Waals surface area contributed by atoms with Crippen molar-refractivity contribution in [2.75, 3.05) is 11.9 Å². The molecule has 0 aliphatic carbocycles. The third-order valence-electron chi connectivity index (χ3n) is 3.41. The van der Waals surface area contributed by atoms with Crippen molar-refractivity contribution in [2.45, 2.75) is 26.4 Å². The number of ether oxygens (including phenoxy) is 1. The van der Waals surface area contributed by atoms with Crippen LogP contribution >= 0.6 is 15.9 Å². The monoisotopic (exact) mass is 377 g/mol. The van der Waals surface area contributed by atoms with Crippen molar-refractivity contribution >= 4 is 27.5 Å². The Labute approximate surface area is 144 Å². The first kappa shape index (κ1) is 17.5. The second-order valence-corrected chi connectivity index (χ2v) is 6.40. The number of halogens is 1. The predicted octanol–water partition coefficient (Wildman–Crippen LogP) is 4.08. The SMILES string of the molecule is CC(C)c1ccccc1NC(=O)COc1ccc(Br)cc1CO. The molecule has 0 aliphatic heterocycles. The van der Waals surface area contributed by atoms with Crippen LogP contribution in [0.4, 0.5) is 5.69 Å². The first-order valence-corrected chi connectivity index (χ1v) is 8.21. The Hall–Kier alpha value is -1.85. The molecule has 0 aliphatic rings. The van der Waals surface area contributed by atoms with Crippen LogP contribution in [0.1, 0.15) is 30.9 Å². The van der Waals surface area contributed by atoms with Gasteiger partial charge in [0.05, 0.1) is 6.61 Å². The van der Waals surface area contributed by atoms with Crippen molar-refractivity contribution in [3.05, 3.63) is 58.1 Å². The lowest BCUT2D eigenvalue weighted by molar-refractivity contribution is -0.118. The highest BCUT2D eigenvalue weighted by atomic mass is 79.9. The summed E-state index contributed by atoms with van der Waals surface area (Å²) in [4.78, 5) is 12.1. The maximum absolute atomic E-state index is 12.1. The number of hydrogen-bond acceptors (Lipinski definition) is 3. The highest BCUT2D eigenvalue weighted by Gasteiger charge is 2.11. The summed E-state index contributed by atoms with van der Waals surface area (Å²) in [5, 5.41) is 12.2. The van der Waals surface area contributed by atoms with Crippen LogP contribution in [0.5, 0.6) is 5.75 Å². The number of para-hydroxylation sites is 1. The average molecular weight is 378 g/mol. The molecule has 4 nitrogen and oxygen atoms in total. The maximum atomic E-state index is 12.1. The van der Waals surface area contributed by atoms with E-state index in [1.54, 1.807) is 18.2 Å². The summed E-state index contributed by atoms with van der Waals surface area (Å²) < 4.78 is 6.38. The molecule has 2 rings (SSSR count). The van der Waals surface area contributed by atoms with Crippen molar-refractivity contribution in [1.29, 1.82) is 0 Å². The summed E-state index contributed by atoms with van der Waals surface area (Å²) in [6, 6.07) is 13.0. The van der Waals surface area contributed by atoms with Crippen molar-refractivity contribution in [3.63, 3.8) is 0 Å². The van der Waals surface area contributed by atoms with E-state index in [0.717, 1.165) is 15.7 Å². The van der Waals surface area contributed by atoms with Crippen molar-refractivity contribution in [2.24, 2.45) is 0 Å². The number of carbonyl (C=O) groups excluding carboxylic acids is 1. The summed E-state index contributed by atoms with van der Waals surface area (Å²) >= 11 is 3.34. The minimum Gasteiger partial charge on any atom is -0.483 e. The molecule has 0 bridgehead atoms. The molecule has 0 heterocycles. The van der Waals surface area contributed by atoms with Gasteiger partial charge in [-0.3, -0.25) is 4.79 Å². The fourth-order valence-electron chi connectivity index (χ4n) is 2.26. The lowest BCUT2D eigenvalue weighted by Gasteiger charge is -2.14. The van der Waals surface area contributed by atoms with Gasteiger partial charge in [0.25, 0.3) is 5.91 Å². The van der Waals surface area contributed by atoms with E-state index in [1.807, 2.05) is 24.3 Å². The summed E-state index contributed by atoms with van der Waals surface area (Å²) in [7, 11) is 0. The highest BCUT2D eigenvalue weighted by Crippen LogP contribution is 2.25. The van der Waals surface area contributed by atoms with Crippen molar-refractivity contribution in [1.82, 2.24) is 0 Å². The minimum absolute atomic E-state index is 0.110. The van der Waals surface area contributed by atoms with Gasteiger partial charge in [-0.2, -0.15) is 0 Å². The molecular weight excluding hydrogens is 358 g/mol. The average Bonchev–Trinajstić information content (AvgIpc) is 2.53. The fourth-order valence-corrected chi connectivity index (χ4v) is 2.66. The number of carbonyl (C=O) groups is 1. The normalized spacial score (nSPS) is 10.7. The molecule has 0 atom stereocenters. The summed E-state index contributed by atoms with van der Waals surface area (Å²) in [6.07, 6.45) is 0. The van der Waals surface area contributed by atoms with E-state index in [9.17, 15) is 9.90 Å². The summed E-state index contributed by atoms with van der Waals surface area (Å²) in [5.41, 5.74) is 2.52. The molecule has 0 radical (unpaired) electrons. The van der Waals surface area contributed by atoms with Gasteiger partial charge in [-0.1, -0.05) is 48.0 Å². The zero-order valence-electron chi connectivity index (χ0n) is 13.2. The molecule has 2 aromatic carbocycles. The van der Waals surface area contributed by atoms with E-state index >= 15 is 0 Å². The van der Waals surface area contributed by atoms with Crippen LogP contribution < -0.4 is 10.1 Å². The quantitative estimate of drug-likeness (QED) is 0.796. The van der Waals surface area contributed by atoms with Gasteiger partial charge in [-0.25, -0.2) is 0 Å². The van der Waals surface area contributed by atoms with Gasteiger partial charge in [-0.15, -0.1) is 0 Å². The van der Waals surface area contributed by atoms with Gasteiger partial charge in [-0.05, 0) is 35.7 Å². The molecule has 2 aromatic rings. The number of nitrogens with one attached hydrogen (secondary N) is 1. The van der Waals surface area contributed by atoms with Gasteiger partial charge >= 0.3 is 0 Å². The topological polar surface area (TPSA) is 58.6 Å². The Morgan fingerprint density at radius 3 is 2.70 bits per heavy atom. The Morgan fingerprint density at radius 1 is 1.26 bits per heavy atom. The van der Waals surface area contributed by atoms with Gasteiger partial charge < -0.3 is 15.2 Å². The van der Waals surface area contributed by atoms with Crippen LogP contribution in [0.3, 0.4) is 0 Å². The van der Waals surface area contributed by atoms with Gasteiger partial charge in [0.15, 0.2) is 6.61 Å². The Balaban J connectivity index is 2.01. The number of aliphatic hydroxyl groups excluding tert-OH is 1. The van der Waals surface area contributed by atoms with E-state index in [-0.39, 0.29) is 19.1 Å². The minimum atomic E-state index is -0.232. The second kappa shape index (κ2) is 8.13. The van der Waals surface area contributed by atoms with E-state index in [1.165, 1.54) is 0 Å². The molecule has 0 fully saturated rings. The molecule has 0 saturated carbocycles. The van der Waals surface area contributed by atoms with Crippen LogP contribution in [0.2, 0.25) is 0 Å². The first-order chi connectivity index (χ1) is 11.0. The van der Waals surface area contributed by atoms with Crippen LogP contribution in [-0.2, 0) is 11.4 Å². The Bertz CT molecular complexity index is 686. The summed E-state index contributed by atoms with van der Waals surface area (Å²) in [6.45, 7) is 3.90. The van der Waals surface area contributed by atoms with Crippen molar-refractivity contribution < 1.29 is 14.6 Å². The number of benzene rings is 2. The molecule has 0 saturated heterocycles. The molecule has 1 amide bonds. The number of amides is 1. The van der Waals surface area contributed by atoms with Crippen LogP contribution in [0, 0.1) is 0 Å². The van der Waals surface area contributed by atoms with Crippen LogP contribution in [-0.4, -0.2) is 17.6 Å². The molecule has 0 spiro atoms. The van der Waals surface area contributed by atoms with Gasteiger partial charge in [0.2, 0.25) is 0 Å². The molecule has 23 heavy (non-hydrogen) atoms. The lowest BCUT2D eigenvalue weighted by atomic mass is 10.0. The third-order valence-corrected chi connectivity index (χ3v) is 3.90. The number of aliphatic hydroxyl groups is 1. The molecule has 122 valence electrons. The molecule has 5 heteroatoms. The predicted molar refractivity (Wildman–Crippen MR) is 94.7 cm³/mol. The Morgan fingerprint density at radius 2 is 2.00 bits per heavy atom. The third kappa shape index (κ3) is 4.81. The highest BCUT2D eigenvalue weighted by molar-refractivity contribution is 9.10. The molecule has 0 aromatic heterocycles. The zero-order chi connectivity index (χ0) is 16.8. The van der Waals surface area contributed by atoms with E-state index in [4.69, 9.17) is 4.74 Å². The fraction of sp³-hybridized carbons (Fsp3) is 0.278. The standard InChI is InChI=1S/C18H20BrNO3/c1-12(2)15-5-3-4-6-16(15)20-18(22)11-23-17-8-7-14(19)9-13(17)10-21/h3-9,12,21H,10-11H2,1-2H3,(H,20,22). The van der Waals surface area contributed by atoms with E-state index < -0.39 is 0 Å². The number of hydrogen-bond donors (Lipinski definition) is 2. The van der Waals surface area contributed by atoms with Gasteiger partial charge in [0, 0.05) is 15.7 Å². The summed E-state index contributed by atoms with van der Waals surface area (Å²) in [5.74, 6) is 0.591. The van der Waals surface area contributed by atoms with Crippen LogP contribution in [0.15, 0.2) is 46.9 Å². The molecular formula is C18H20BrNO3. The number of anilines is 1. The Kier molecular flexibility index (Phi) is 6.19. The van der Waals surface area contributed by atoms with Crippen LogP contribution in [0.25, 0.3) is 0 Å². The largest absolute Gasteiger partial charge is 0.483 e. The lowest BCUT2D eigenvalue weighted by Crippen LogP contribution is -2.21. The zero-order valence-corrected chi connectivity index (χ0v) is 14.8. The first-order valence-electron chi connectivity index (χ1n) is 7.42. The molecule has 0 unspecified atom stereocenters. The number of rotatable bonds is 6. The second-order valence-electron chi connectivity index (χ2n) is 5.49. The maximum Gasteiger partial charge on any atom is 0.262 e. The van der Waals surface area contributed by atoms with Crippen molar-refractivity contribution in [3.8, 4) is 5.75 Å². The molecule has 2 N–H and O–H groups in total.